The van der Waals surface area contributed by atoms with Gasteiger partial charge in [-0.1, -0.05) is 23.7 Å². The molecule has 1 N–H and O–H groups in total. The summed E-state index contributed by atoms with van der Waals surface area (Å²) in [6, 6.07) is 11.0. The quantitative estimate of drug-likeness (QED) is 0.549. The van der Waals surface area contributed by atoms with Crippen LogP contribution in [0.1, 0.15) is 22.8 Å². The maximum absolute atomic E-state index is 14.6. The third kappa shape index (κ3) is 5.33. The molecule has 0 bridgehead atoms. The van der Waals surface area contributed by atoms with Gasteiger partial charge in [-0.2, -0.15) is 0 Å². The van der Waals surface area contributed by atoms with Gasteiger partial charge in [-0.25, -0.2) is 12.8 Å². The van der Waals surface area contributed by atoms with Crippen molar-refractivity contribution < 1.29 is 22.7 Å². The van der Waals surface area contributed by atoms with Crippen LogP contribution >= 0.6 is 11.6 Å². The fourth-order valence-corrected chi connectivity index (χ4v) is 4.53. The predicted octanol–water partition coefficient (Wildman–Crippen LogP) is 2.69. The molecule has 1 saturated heterocycles. The molecular formula is C20H22ClFN2O4S. The van der Waals surface area contributed by atoms with Crippen molar-refractivity contribution in [3.63, 3.8) is 0 Å². The van der Waals surface area contributed by atoms with Crippen LogP contribution in [0.25, 0.3) is 0 Å². The lowest BCUT2D eigenvalue weighted by molar-refractivity contribution is 0.00588. The predicted molar refractivity (Wildman–Crippen MR) is 110 cm³/mol. The molecule has 2 aromatic rings. The summed E-state index contributed by atoms with van der Waals surface area (Å²) in [5, 5.41) is 11.5. The minimum absolute atomic E-state index is 0.0239. The van der Waals surface area contributed by atoms with Gasteiger partial charge in [0.05, 0.1) is 11.5 Å². The summed E-state index contributed by atoms with van der Waals surface area (Å²) in [6.07, 6.45) is -1.15. The molecule has 1 aliphatic heterocycles. The van der Waals surface area contributed by atoms with Gasteiger partial charge in [-0.05, 0) is 37.3 Å². The summed E-state index contributed by atoms with van der Waals surface area (Å²) < 4.78 is 38.0. The number of Topliss-reactive ketones (excluding diaryl/α,β-unsaturated/α-hetero) is 1. The Morgan fingerprint density at radius 3 is 2.38 bits per heavy atom. The number of anilines is 1. The summed E-state index contributed by atoms with van der Waals surface area (Å²) in [5.41, 5.74) is 1.17. The number of halogens is 2. The van der Waals surface area contributed by atoms with Crippen molar-refractivity contribution in [1.29, 1.82) is 0 Å². The van der Waals surface area contributed by atoms with E-state index in [-0.39, 0.29) is 42.5 Å². The minimum atomic E-state index is -3.10. The number of hydrogen-bond acceptors (Lipinski definition) is 6. The molecule has 1 atom stereocenters. The average molecular weight is 441 g/mol. The molecule has 0 saturated carbocycles. The van der Waals surface area contributed by atoms with Crippen LogP contribution < -0.4 is 4.90 Å². The smallest absolute Gasteiger partial charge is 0.186 e. The number of sulfone groups is 1. The van der Waals surface area contributed by atoms with Crippen LogP contribution in [0.4, 0.5) is 10.1 Å². The second-order valence-corrected chi connectivity index (χ2v) is 9.74. The maximum Gasteiger partial charge on any atom is 0.186 e. The van der Waals surface area contributed by atoms with E-state index in [2.05, 4.69) is 0 Å². The van der Waals surface area contributed by atoms with Crippen LogP contribution in [-0.2, 0) is 16.4 Å². The van der Waals surface area contributed by atoms with Crippen LogP contribution in [0.15, 0.2) is 42.5 Å². The van der Waals surface area contributed by atoms with Crippen LogP contribution in [0, 0.1) is 5.82 Å². The number of rotatable bonds is 6. The van der Waals surface area contributed by atoms with E-state index in [1.807, 2.05) is 0 Å². The number of aliphatic hydroxyl groups excluding tert-OH is 1. The number of carbonyl (C=O) groups is 1. The molecule has 0 aromatic heterocycles. The summed E-state index contributed by atoms with van der Waals surface area (Å²) in [4.78, 5) is 14.7. The highest BCUT2D eigenvalue weighted by atomic mass is 35.5. The molecule has 1 heterocycles. The van der Waals surface area contributed by atoms with Crippen molar-refractivity contribution in [2.45, 2.75) is 19.8 Å². The molecule has 0 spiro atoms. The highest BCUT2D eigenvalue weighted by Gasteiger charge is 2.30. The Hall–Kier alpha value is -2.00. The summed E-state index contributed by atoms with van der Waals surface area (Å²) >= 11 is 5.96. The molecule has 9 heteroatoms. The van der Waals surface area contributed by atoms with E-state index in [4.69, 9.17) is 11.6 Å². The highest BCUT2D eigenvalue weighted by Crippen LogP contribution is 2.25. The van der Waals surface area contributed by atoms with Crippen molar-refractivity contribution >= 4 is 32.9 Å². The first-order valence-corrected chi connectivity index (χ1v) is 11.3. The van der Waals surface area contributed by atoms with Gasteiger partial charge in [0, 0.05) is 41.5 Å². The molecule has 0 amide bonds. The molecule has 1 unspecified atom stereocenters. The first-order valence-electron chi connectivity index (χ1n) is 9.10. The standard InChI is InChI=1S/C20H22ClFN2O4S/c1-14(25)15-2-3-16(19(22)12-15)13-24(18-6-4-17(21)5-7-18)20(26)23-8-10-29(27,28)11-9-23/h2-7,12,20,26H,8-11,13H2,1H3. The average Bonchev–Trinajstić information content (AvgIpc) is 2.67. The number of ketones is 1. The van der Waals surface area contributed by atoms with Crippen LogP contribution in [0.5, 0.6) is 0 Å². The fourth-order valence-electron chi connectivity index (χ4n) is 3.17. The summed E-state index contributed by atoms with van der Waals surface area (Å²) in [5.74, 6) is -0.870. The molecule has 0 aliphatic carbocycles. The normalized spacial score (nSPS) is 17.7. The number of aliphatic hydroxyl groups is 1. The molecular weight excluding hydrogens is 419 g/mol. The summed E-state index contributed by atoms with van der Waals surface area (Å²) in [7, 11) is -3.10. The van der Waals surface area contributed by atoms with E-state index in [9.17, 15) is 22.7 Å². The van der Waals surface area contributed by atoms with Gasteiger partial charge in [-0.15, -0.1) is 0 Å². The SMILES string of the molecule is CC(=O)c1ccc(CN(c2ccc(Cl)cc2)C(O)N2CCS(=O)(=O)CC2)c(F)c1. The van der Waals surface area contributed by atoms with Crippen molar-refractivity contribution in [2.24, 2.45) is 0 Å². The van der Waals surface area contributed by atoms with Crippen molar-refractivity contribution in [3.05, 3.63) is 64.4 Å². The topological polar surface area (TPSA) is 77.9 Å². The van der Waals surface area contributed by atoms with E-state index in [1.165, 1.54) is 19.1 Å². The Morgan fingerprint density at radius 2 is 1.83 bits per heavy atom. The number of nitrogens with zero attached hydrogens (tertiary/aromatic N) is 2. The van der Waals surface area contributed by atoms with Gasteiger partial charge < -0.3 is 10.0 Å². The van der Waals surface area contributed by atoms with Crippen molar-refractivity contribution in [3.8, 4) is 0 Å². The zero-order valence-electron chi connectivity index (χ0n) is 15.9. The molecule has 2 aromatic carbocycles. The van der Waals surface area contributed by atoms with Gasteiger partial charge in [-0.3, -0.25) is 9.69 Å². The summed E-state index contributed by atoms with van der Waals surface area (Å²) in [6.45, 7) is 1.75. The Bertz CT molecular complexity index is 984. The van der Waals surface area contributed by atoms with Gasteiger partial charge in [0.1, 0.15) is 5.82 Å². The van der Waals surface area contributed by atoms with E-state index < -0.39 is 22.0 Å². The molecule has 6 nitrogen and oxygen atoms in total. The van der Waals surface area contributed by atoms with Gasteiger partial charge in [0.2, 0.25) is 0 Å². The molecule has 3 rings (SSSR count). The lowest BCUT2D eigenvalue weighted by Gasteiger charge is -2.39. The third-order valence-electron chi connectivity index (χ3n) is 4.94. The first-order chi connectivity index (χ1) is 13.7. The Balaban J connectivity index is 1.89. The maximum atomic E-state index is 14.6. The van der Waals surface area contributed by atoms with E-state index in [0.29, 0.717) is 16.3 Å². The number of benzene rings is 2. The Morgan fingerprint density at radius 1 is 1.21 bits per heavy atom. The molecule has 0 radical (unpaired) electrons. The molecule has 1 fully saturated rings. The highest BCUT2D eigenvalue weighted by molar-refractivity contribution is 7.91. The van der Waals surface area contributed by atoms with Crippen LogP contribution in [-0.4, -0.2) is 55.2 Å². The Kier molecular flexibility index (Phi) is 6.58. The second kappa shape index (κ2) is 8.79. The molecule has 1 aliphatic rings. The fraction of sp³-hybridized carbons (Fsp3) is 0.350. The van der Waals surface area contributed by atoms with Crippen LogP contribution in [0.2, 0.25) is 5.02 Å². The van der Waals surface area contributed by atoms with Crippen LogP contribution in [0.3, 0.4) is 0 Å². The van der Waals surface area contributed by atoms with E-state index in [0.717, 1.165) is 0 Å². The van der Waals surface area contributed by atoms with Gasteiger partial charge in [0.25, 0.3) is 0 Å². The number of hydrogen-bond donors (Lipinski definition) is 1. The third-order valence-corrected chi connectivity index (χ3v) is 6.80. The lowest BCUT2D eigenvalue weighted by Crippen LogP contribution is -2.53. The van der Waals surface area contributed by atoms with E-state index >= 15 is 0 Å². The monoisotopic (exact) mass is 440 g/mol. The zero-order valence-corrected chi connectivity index (χ0v) is 17.5. The lowest BCUT2D eigenvalue weighted by atomic mass is 10.1. The zero-order chi connectivity index (χ0) is 21.2. The minimum Gasteiger partial charge on any atom is -0.361 e. The van der Waals surface area contributed by atoms with Gasteiger partial charge >= 0.3 is 0 Å². The van der Waals surface area contributed by atoms with Gasteiger partial charge in [0.15, 0.2) is 22.0 Å². The van der Waals surface area contributed by atoms with Crippen molar-refractivity contribution in [2.75, 3.05) is 29.5 Å². The Labute approximate surface area is 174 Å². The molecule has 29 heavy (non-hydrogen) atoms. The second-order valence-electron chi connectivity index (χ2n) is 7.00. The first kappa shape index (κ1) is 21.7. The van der Waals surface area contributed by atoms with Crippen molar-refractivity contribution in [1.82, 2.24) is 4.90 Å². The number of carbonyl (C=O) groups excluding carboxylic acids is 1. The largest absolute Gasteiger partial charge is 0.361 e. The molecule has 156 valence electrons. The van der Waals surface area contributed by atoms with E-state index in [1.54, 1.807) is 40.1 Å².